The maximum Gasteiger partial charge on any atom is 0.243 e. The van der Waals surface area contributed by atoms with Gasteiger partial charge in [-0.2, -0.15) is 4.31 Å². The Labute approximate surface area is 119 Å². The van der Waals surface area contributed by atoms with E-state index in [9.17, 15) is 8.42 Å². The average molecular weight is 299 g/mol. The molecule has 0 saturated carbocycles. The lowest BCUT2D eigenvalue weighted by Gasteiger charge is -2.23. The van der Waals surface area contributed by atoms with Gasteiger partial charge in [-0.3, -0.25) is 0 Å². The second kappa shape index (κ2) is 6.71. The second-order valence-electron chi connectivity index (χ2n) is 4.70. The van der Waals surface area contributed by atoms with Crippen molar-refractivity contribution in [1.29, 1.82) is 0 Å². The molecule has 0 radical (unpaired) electrons. The lowest BCUT2D eigenvalue weighted by Crippen LogP contribution is -2.38. The SMILES string of the molecule is CCN(CC(C)C(N)=NO)S(=O)(=O)c1cccc(C)c1. The highest BCUT2D eigenvalue weighted by molar-refractivity contribution is 7.89. The van der Waals surface area contributed by atoms with E-state index in [1.807, 2.05) is 13.0 Å². The molecule has 1 atom stereocenters. The van der Waals surface area contributed by atoms with E-state index in [-0.39, 0.29) is 23.2 Å². The molecule has 0 bridgehead atoms. The standard InChI is InChI=1S/C13H21N3O3S/c1-4-16(9-11(3)13(14)15-17)20(18,19)12-7-5-6-10(2)8-12/h5-8,11,17H,4,9H2,1-3H3,(H2,14,15). The Morgan fingerprint density at radius 1 is 1.50 bits per heavy atom. The van der Waals surface area contributed by atoms with Gasteiger partial charge < -0.3 is 10.9 Å². The van der Waals surface area contributed by atoms with Gasteiger partial charge >= 0.3 is 0 Å². The summed E-state index contributed by atoms with van der Waals surface area (Å²) in [4.78, 5) is 0.256. The van der Waals surface area contributed by atoms with E-state index in [4.69, 9.17) is 10.9 Å². The van der Waals surface area contributed by atoms with Gasteiger partial charge in [0.15, 0.2) is 0 Å². The average Bonchev–Trinajstić information content (AvgIpc) is 2.43. The minimum Gasteiger partial charge on any atom is -0.409 e. The molecule has 0 aromatic heterocycles. The first-order valence-corrected chi connectivity index (χ1v) is 7.81. The third kappa shape index (κ3) is 3.71. The van der Waals surface area contributed by atoms with Crippen molar-refractivity contribution in [3.05, 3.63) is 29.8 Å². The largest absolute Gasteiger partial charge is 0.409 e. The molecule has 20 heavy (non-hydrogen) atoms. The zero-order valence-corrected chi connectivity index (χ0v) is 12.8. The summed E-state index contributed by atoms with van der Waals surface area (Å²) in [7, 11) is -3.57. The van der Waals surface area contributed by atoms with Crippen LogP contribution in [0, 0.1) is 12.8 Å². The Bertz CT molecular complexity index is 584. The Morgan fingerprint density at radius 3 is 2.65 bits per heavy atom. The van der Waals surface area contributed by atoms with Gasteiger partial charge in [0.1, 0.15) is 5.84 Å². The van der Waals surface area contributed by atoms with Crippen LogP contribution in [0.4, 0.5) is 0 Å². The van der Waals surface area contributed by atoms with Gasteiger partial charge in [0.05, 0.1) is 4.90 Å². The minimum absolute atomic E-state index is 0.0166. The molecule has 7 heteroatoms. The second-order valence-corrected chi connectivity index (χ2v) is 6.64. The van der Waals surface area contributed by atoms with Crippen molar-refractivity contribution in [2.24, 2.45) is 16.8 Å². The number of benzene rings is 1. The van der Waals surface area contributed by atoms with Crippen molar-refractivity contribution >= 4 is 15.9 Å². The topological polar surface area (TPSA) is 96.0 Å². The molecule has 0 spiro atoms. The van der Waals surface area contributed by atoms with E-state index in [0.717, 1.165) is 5.56 Å². The molecule has 0 fully saturated rings. The van der Waals surface area contributed by atoms with Crippen molar-refractivity contribution in [3.8, 4) is 0 Å². The molecule has 0 heterocycles. The molecule has 1 unspecified atom stereocenters. The molecule has 0 aliphatic heterocycles. The third-order valence-electron chi connectivity index (χ3n) is 3.08. The molecule has 0 aliphatic rings. The Hall–Kier alpha value is -1.60. The van der Waals surface area contributed by atoms with E-state index in [0.29, 0.717) is 6.54 Å². The number of nitrogens with zero attached hydrogens (tertiary/aromatic N) is 2. The summed E-state index contributed by atoms with van der Waals surface area (Å²) >= 11 is 0. The summed E-state index contributed by atoms with van der Waals surface area (Å²) in [6, 6.07) is 6.75. The molecule has 3 N–H and O–H groups in total. The molecule has 0 aliphatic carbocycles. The Kier molecular flexibility index (Phi) is 5.52. The predicted octanol–water partition coefficient (Wildman–Crippen LogP) is 1.39. The summed E-state index contributed by atoms with van der Waals surface area (Å²) in [6.07, 6.45) is 0. The van der Waals surface area contributed by atoms with Gasteiger partial charge in [-0.1, -0.05) is 31.1 Å². The number of rotatable bonds is 6. The van der Waals surface area contributed by atoms with Crippen molar-refractivity contribution in [3.63, 3.8) is 0 Å². The molecule has 1 aromatic carbocycles. The lowest BCUT2D eigenvalue weighted by atomic mass is 10.1. The normalized spacial score (nSPS) is 14.5. The highest BCUT2D eigenvalue weighted by atomic mass is 32.2. The molecule has 1 aromatic rings. The smallest absolute Gasteiger partial charge is 0.243 e. The van der Waals surface area contributed by atoms with Gasteiger partial charge in [0.25, 0.3) is 0 Å². The predicted molar refractivity (Wildman–Crippen MR) is 78.2 cm³/mol. The summed E-state index contributed by atoms with van der Waals surface area (Å²) in [5, 5.41) is 11.6. The van der Waals surface area contributed by atoms with Crippen LogP contribution in [0.25, 0.3) is 0 Å². The minimum atomic E-state index is -3.57. The highest BCUT2D eigenvalue weighted by Crippen LogP contribution is 2.18. The lowest BCUT2D eigenvalue weighted by molar-refractivity contribution is 0.311. The fourth-order valence-electron chi connectivity index (χ4n) is 1.82. The number of oxime groups is 1. The Morgan fingerprint density at radius 2 is 2.15 bits per heavy atom. The van der Waals surface area contributed by atoms with Crippen LogP contribution in [0.2, 0.25) is 0 Å². The van der Waals surface area contributed by atoms with Crippen molar-refractivity contribution in [1.82, 2.24) is 4.31 Å². The van der Waals surface area contributed by atoms with Gasteiger partial charge in [0.2, 0.25) is 10.0 Å². The van der Waals surface area contributed by atoms with E-state index < -0.39 is 10.0 Å². The monoisotopic (exact) mass is 299 g/mol. The summed E-state index contributed by atoms with van der Waals surface area (Å²) < 4.78 is 26.4. The number of hydrogen-bond acceptors (Lipinski definition) is 4. The van der Waals surface area contributed by atoms with E-state index in [2.05, 4.69) is 5.16 Å². The quantitative estimate of drug-likeness (QED) is 0.359. The first-order chi connectivity index (χ1) is 9.32. The molecule has 0 saturated heterocycles. The zero-order chi connectivity index (χ0) is 15.3. The Balaban J connectivity index is 3.05. The fraction of sp³-hybridized carbons (Fsp3) is 0.462. The number of nitrogens with two attached hydrogens (primary N) is 1. The van der Waals surface area contributed by atoms with Crippen LogP contribution in [0.5, 0.6) is 0 Å². The molecule has 112 valence electrons. The van der Waals surface area contributed by atoms with Crippen LogP contribution in [-0.4, -0.2) is 36.9 Å². The number of aryl methyl sites for hydroxylation is 1. The first-order valence-electron chi connectivity index (χ1n) is 6.37. The van der Waals surface area contributed by atoms with Crippen LogP contribution in [0.3, 0.4) is 0 Å². The van der Waals surface area contributed by atoms with Crippen LogP contribution < -0.4 is 5.73 Å². The van der Waals surface area contributed by atoms with E-state index >= 15 is 0 Å². The third-order valence-corrected chi connectivity index (χ3v) is 5.01. The first kappa shape index (κ1) is 16.5. The molecular weight excluding hydrogens is 278 g/mol. The summed E-state index contributed by atoms with van der Waals surface area (Å²) in [5.41, 5.74) is 6.39. The van der Waals surface area contributed by atoms with Crippen LogP contribution in [0.1, 0.15) is 19.4 Å². The van der Waals surface area contributed by atoms with E-state index in [1.54, 1.807) is 32.0 Å². The van der Waals surface area contributed by atoms with Crippen LogP contribution >= 0.6 is 0 Å². The van der Waals surface area contributed by atoms with Gasteiger partial charge in [-0.05, 0) is 24.6 Å². The van der Waals surface area contributed by atoms with Gasteiger partial charge in [-0.25, -0.2) is 8.42 Å². The van der Waals surface area contributed by atoms with Gasteiger partial charge in [-0.15, -0.1) is 0 Å². The van der Waals surface area contributed by atoms with Crippen LogP contribution in [0.15, 0.2) is 34.3 Å². The number of amidine groups is 1. The number of hydrogen-bond donors (Lipinski definition) is 2. The van der Waals surface area contributed by atoms with Crippen LogP contribution in [-0.2, 0) is 10.0 Å². The summed E-state index contributed by atoms with van der Waals surface area (Å²) in [5.74, 6) is -0.345. The summed E-state index contributed by atoms with van der Waals surface area (Å²) in [6.45, 7) is 5.80. The number of sulfonamides is 1. The molecule has 1 rings (SSSR count). The van der Waals surface area contributed by atoms with Crippen molar-refractivity contribution in [2.75, 3.05) is 13.1 Å². The van der Waals surface area contributed by atoms with Crippen molar-refractivity contribution < 1.29 is 13.6 Å². The van der Waals surface area contributed by atoms with Gasteiger partial charge in [0, 0.05) is 19.0 Å². The molecule has 0 amide bonds. The maximum atomic E-state index is 12.5. The van der Waals surface area contributed by atoms with E-state index in [1.165, 1.54) is 4.31 Å². The maximum absolute atomic E-state index is 12.5. The molecule has 6 nitrogen and oxygen atoms in total. The zero-order valence-electron chi connectivity index (χ0n) is 11.9. The highest BCUT2D eigenvalue weighted by Gasteiger charge is 2.25. The fourth-order valence-corrected chi connectivity index (χ4v) is 3.46. The molecular formula is C13H21N3O3S. The van der Waals surface area contributed by atoms with Crippen molar-refractivity contribution in [2.45, 2.75) is 25.7 Å².